The first-order chi connectivity index (χ1) is 7.20. The summed E-state index contributed by atoms with van der Waals surface area (Å²) >= 11 is 0. The molecule has 0 unspecified atom stereocenters. The zero-order valence-electron chi connectivity index (χ0n) is 8.73. The van der Waals surface area contributed by atoms with Gasteiger partial charge >= 0.3 is 0 Å². The molecule has 1 aromatic heterocycles. The number of aldehydes is 1. The van der Waals surface area contributed by atoms with E-state index in [1.165, 1.54) is 0 Å². The van der Waals surface area contributed by atoms with Gasteiger partial charge in [0.05, 0.1) is 0 Å². The van der Waals surface area contributed by atoms with Crippen LogP contribution in [-0.4, -0.2) is 10.9 Å². The maximum atomic E-state index is 10.7. The Morgan fingerprint density at radius 3 is 2.93 bits per heavy atom. The van der Waals surface area contributed by atoms with Crippen molar-refractivity contribution >= 4 is 17.2 Å². The van der Waals surface area contributed by atoms with E-state index in [4.69, 9.17) is 0 Å². The van der Waals surface area contributed by atoms with Gasteiger partial charge in [0.15, 0.2) is 0 Å². The highest BCUT2D eigenvalue weighted by Gasteiger charge is 2.01. The molecular formula is C13H13NO. The number of carbonyl (C=O) groups is 1. The average Bonchev–Trinajstić information content (AvgIpc) is 2.60. The van der Waals surface area contributed by atoms with Crippen LogP contribution in [0, 0.1) is 0 Å². The van der Waals surface area contributed by atoms with E-state index in [1.54, 1.807) is 0 Å². The number of nitrogens with zero attached hydrogens (tertiary/aromatic N) is 1. The molecule has 0 N–H and O–H groups in total. The van der Waals surface area contributed by atoms with Gasteiger partial charge in [-0.05, 0) is 24.4 Å². The number of carbonyl (C=O) groups excluding carboxylic acids is 1. The minimum atomic E-state index is 0.712. The van der Waals surface area contributed by atoms with Crippen LogP contribution < -0.4 is 0 Å². The normalized spacial score (nSPS) is 10.5. The van der Waals surface area contributed by atoms with E-state index >= 15 is 0 Å². The molecule has 1 aromatic carbocycles. The summed E-state index contributed by atoms with van der Waals surface area (Å²) in [5, 5.41) is 1.15. The summed E-state index contributed by atoms with van der Waals surface area (Å²) in [7, 11) is 0. The fourth-order valence-corrected chi connectivity index (χ4v) is 1.70. The van der Waals surface area contributed by atoms with Gasteiger partial charge in [-0.3, -0.25) is 4.79 Å². The lowest BCUT2D eigenvalue weighted by molar-refractivity contribution is 0.112. The van der Waals surface area contributed by atoms with Gasteiger partial charge in [-0.25, -0.2) is 0 Å². The van der Waals surface area contributed by atoms with Gasteiger partial charge in [0.2, 0.25) is 0 Å². The van der Waals surface area contributed by atoms with E-state index in [1.807, 2.05) is 37.4 Å². The molecule has 2 nitrogen and oxygen atoms in total. The fourth-order valence-electron chi connectivity index (χ4n) is 1.70. The molecule has 0 aliphatic rings. The van der Waals surface area contributed by atoms with Crippen LogP contribution in [-0.2, 0) is 6.54 Å². The first kappa shape index (κ1) is 9.71. The van der Waals surface area contributed by atoms with Crippen LogP contribution in [0.15, 0.2) is 42.6 Å². The summed E-state index contributed by atoms with van der Waals surface area (Å²) in [6.07, 6.45) is 2.89. The maximum absolute atomic E-state index is 10.7. The number of hydrogen-bond donors (Lipinski definition) is 0. The molecular weight excluding hydrogens is 186 g/mol. The lowest BCUT2D eigenvalue weighted by Gasteiger charge is -2.04. The topological polar surface area (TPSA) is 22.0 Å². The zero-order valence-corrected chi connectivity index (χ0v) is 8.73. The second-order valence-electron chi connectivity index (χ2n) is 3.84. The van der Waals surface area contributed by atoms with Crippen molar-refractivity contribution in [3.05, 3.63) is 48.2 Å². The maximum Gasteiger partial charge on any atom is 0.150 e. The number of fused-ring (bicyclic) bond motifs is 1. The third kappa shape index (κ3) is 1.84. The van der Waals surface area contributed by atoms with Crippen LogP contribution in [0.4, 0.5) is 0 Å². The van der Waals surface area contributed by atoms with E-state index in [-0.39, 0.29) is 0 Å². The minimum absolute atomic E-state index is 0.712. The van der Waals surface area contributed by atoms with Gasteiger partial charge in [-0.1, -0.05) is 24.3 Å². The molecule has 0 saturated carbocycles. The molecule has 0 bridgehead atoms. The lowest BCUT2D eigenvalue weighted by Crippen LogP contribution is -1.96. The van der Waals surface area contributed by atoms with Gasteiger partial charge in [0, 0.05) is 23.8 Å². The Morgan fingerprint density at radius 2 is 2.27 bits per heavy atom. The molecule has 2 rings (SSSR count). The molecule has 0 atom stereocenters. The molecule has 1 heterocycles. The fraction of sp³-hybridized carbons (Fsp3) is 0.154. The molecule has 2 aromatic rings. The van der Waals surface area contributed by atoms with E-state index in [0.717, 1.165) is 29.3 Å². The second-order valence-corrected chi connectivity index (χ2v) is 3.84. The van der Waals surface area contributed by atoms with Gasteiger partial charge < -0.3 is 4.57 Å². The summed E-state index contributed by atoms with van der Waals surface area (Å²) in [4.78, 5) is 10.7. The Morgan fingerprint density at radius 1 is 1.47 bits per heavy atom. The van der Waals surface area contributed by atoms with Crippen molar-refractivity contribution in [2.75, 3.05) is 0 Å². The molecule has 0 aliphatic heterocycles. The molecule has 0 fully saturated rings. The minimum Gasteiger partial charge on any atom is -0.343 e. The Balaban J connectivity index is 2.55. The predicted octanol–water partition coefficient (Wildman–Crippen LogP) is 3.03. The van der Waals surface area contributed by atoms with Crippen molar-refractivity contribution in [3.63, 3.8) is 0 Å². The summed E-state index contributed by atoms with van der Waals surface area (Å²) < 4.78 is 2.10. The number of aromatic nitrogens is 1. The summed E-state index contributed by atoms with van der Waals surface area (Å²) in [6.45, 7) is 6.68. The van der Waals surface area contributed by atoms with E-state index < -0.39 is 0 Å². The van der Waals surface area contributed by atoms with Crippen molar-refractivity contribution < 1.29 is 4.79 Å². The molecule has 15 heavy (non-hydrogen) atoms. The van der Waals surface area contributed by atoms with Gasteiger partial charge in [-0.2, -0.15) is 0 Å². The van der Waals surface area contributed by atoms with Crippen molar-refractivity contribution in [2.24, 2.45) is 0 Å². The molecule has 0 aliphatic carbocycles. The smallest absolute Gasteiger partial charge is 0.150 e. The third-order valence-corrected chi connectivity index (χ3v) is 2.37. The van der Waals surface area contributed by atoms with Gasteiger partial charge in [-0.15, -0.1) is 0 Å². The quantitative estimate of drug-likeness (QED) is 0.550. The SMILES string of the molecule is C=C(C)Cn1ccc2ccc(C=O)cc21. The predicted molar refractivity (Wildman–Crippen MR) is 62.1 cm³/mol. The van der Waals surface area contributed by atoms with Gasteiger partial charge in [0.1, 0.15) is 6.29 Å². The monoisotopic (exact) mass is 199 g/mol. The van der Waals surface area contributed by atoms with E-state index in [2.05, 4.69) is 11.1 Å². The van der Waals surface area contributed by atoms with Crippen molar-refractivity contribution in [1.82, 2.24) is 4.57 Å². The number of benzene rings is 1. The van der Waals surface area contributed by atoms with E-state index in [9.17, 15) is 4.79 Å². The van der Waals surface area contributed by atoms with Crippen LogP contribution in [0.5, 0.6) is 0 Å². The number of allylic oxidation sites excluding steroid dienone is 1. The summed E-state index contributed by atoms with van der Waals surface area (Å²) in [6, 6.07) is 7.76. The third-order valence-electron chi connectivity index (χ3n) is 2.37. The first-order valence-corrected chi connectivity index (χ1v) is 4.89. The van der Waals surface area contributed by atoms with E-state index in [0.29, 0.717) is 5.56 Å². The highest BCUT2D eigenvalue weighted by Crippen LogP contribution is 2.17. The largest absolute Gasteiger partial charge is 0.343 e. The summed E-state index contributed by atoms with van der Waals surface area (Å²) in [5.41, 5.74) is 2.90. The Hall–Kier alpha value is -1.83. The Bertz CT molecular complexity index is 522. The Labute approximate surface area is 88.8 Å². The van der Waals surface area contributed by atoms with Crippen LogP contribution >= 0.6 is 0 Å². The van der Waals surface area contributed by atoms with Crippen LogP contribution in [0.25, 0.3) is 10.9 Å². The first-order valence-electron chi connectivity index (χ1n) is 4.89. The van der Waals surface area contributed by atoms with Crippen LogP contribution in [0.3, 0.4) is 0 Å². The molecule has 0 radical (unpaired) electrons. The Kier molecular flexibility index (Phi) is 2.42. The van der Waals surface area contributed by atoms with Crippen LogP contribution in [0.2, 0.25) is 0 Å². The lowest BCUT2D eigenvalue weighted by atomic mass is 10.2. The standard InChI is InChI=1S/C13H13NO/c1-10(2)8-14-6-5-12-4-3-11(9-15)7-13(12)14/h3-7,9H,1,8H2,2H3. The zero-order chi connectivity index (χ0) is 10.8. The number of rotatable bonds is 3. The van der Waals surface area contributed by atoms with Crippen molar-refractivity contribution in [1.29, 1.82) is 0 Å². The van der Waals surface area contributed by atoms with Crippen molar-refractivity contribution in [3.8, 4) is 0 Å². The number of hydrogen-bond acceptors (Lipinski definition) is 1. The molecule has 2 heteroatoms. The second kappa shape index (κ2) is 3.73. The molecule has 0 spiro atoms. The molecule has 0 amide bonds. The molecule has 0 saturated heterocycles. The average molecular weight is 199 g/mol. The highest BCUT2D eigenvalue weighted by molar-refractivity contribution is 5.87. The molecule has 76 valence electrons. The van der Waals surface area contributed by atoms with Gasteiger partial charge in [0.25, 0.3) is 0 Å². The van der Waals surface area contributed by atoms with Crippen molar-refractivity contribution in [2.45, 2.75) is 13.5 Å². The highest BCUT2D eigenvalue weighted by atomic mass is 16.1. The van der Waals surface area contributed by atoms with Crippen LogP contribution in [0.1, 0.15) is 17.3 Å². The summed E-state index contributed by atoms with van der Waals surface area (Å²) in [5.74, 6) is 0.